The molecule has 1 aromatic carbocycles. The standard InChI is InChI=1S/C22H20N6O3/c23-13-15-4-5-19(24-14-15)27-10-8-17(9-11-27)25-22(31)16-2-1-3-18(12-16)28-21(30)7-6-20(29)26-28/h1-7,12,14,17H,8-11H2,(H,25,31)(H,26,29). The van der Waals surface area contributed by atoms with Gasteiger partial charge in [-0.1, -0.05) is 6.07 Å². The number of nitrogens with one attached hydrogen (secondary N) is 2. The van der Waals surface area contributed by atoms with Crippen molar-refractivity contribution in [3.63, 3.8) is 0 Å². The monoisotopic (exact) mass is 416 g/mol. The topological polar surface area (TPSA) is 124 Å². The van der Waals surface area contributed by atoms with Gasteiger partial charge in [-0.25, -0.2) is 9.67 Å². The van der Waals surface area contributed by atoms with E-state index in [0.717, 1.165) is 42.5 Å². The molecule has 0 unspecified atom stereocenters. The van der Waals surface area contributed by atoms with Crippen LogP contribution in [-0.2, 0) is 0 Å². The van der Waals surface area contributed by atoms with Crippen molar-refractivity contribution in [1.29, 1.82) is 5.26 Å². The smallest absolute Gasteiger partial charge is 0.269 e. The zero-order chi connectivity index (χ0) is 21.8. The highest BCUT2D eigenvalue weighted by atomic mass is 16.2. The fourth-order valence-electron chi connectivity index (χ4n) is 3.56. The van der Waals surface area contributed by atoms with Gasteiger partial charge in [0.05, 0.1) is 11.3 Å². The second-order valence-electron chi connectivity index (χ2n) is 7.29. The number of piperidine rings is 1. The van der Waals surface area contributed by atoms with Crippen molar-refractivity contribution in [2.24, 2.45) is 0 Å². The number of aromatic nitrogens is 3. The summed E-state index contributed by atoms with van der Waals surface area (Å²) in [7, 11) is 0. The lowest BCUT2D eigenvalue weighted by Gasteiger charge is -2.33. The van der Waals surface area contributed by atoms with Crippen LogP contribution in [0.2, 0.25) is 0 Å². The third kappa shape index (κ3) is 4.53. The Balaban J connectivity index is 1.40. The van der Waals surface area contributed by atoms with Crippen LogP contribution in [0.15, 0.2) is 64.3 Å². The zero-order valence-corrected chi connectivity index (χ0v) is 16.6. The number of hydrogen-bond acceptors (Lipinski definition) is 6. The third-order valence-electron chi connectivity index (χ3n) is 5.22. The van der Waals surface area contributed by atoms with Gasteiger partial charge in [-0.15, -0.1) is 0 Å². The van der Waals surface area contributed by atoms with Gasteiger partial charge in [-0.2, -0.15) is 5.26 Å². The first kappa shape index (κ1) is 20.1. The van der Waals surface area contributed by atoms with Gasteiger partial charge < -0.3 is 10.2 Å². The molecule has 2 N–H and O–H groups in total. The number of benzene rings is 1. The summed E-state index contributed by atoms with van der Waals surface area (Å²) >= 11 is 0. The number of pyridine rings is 1. The highest BCUT2D eigenvalue weighted by molar-refractivity contribution is 5.94. The number of nitrogens with zero attached hydrogens (tertiary/aromatic N) is 4. The molecule has 1 saturated heterocycles. The average molecular weight is 416 g/mol. The molecule has 1 aliphatic heterocycles. The molecule has 3 aromatic rings. The molecule has 31 heavy (non-hydrogen) atoms. The molecule has 0 atom stereocenters. The van der Waals surface area contributed by atoms with Crippen LogP contribution >= 0.6 is 0 Å². The van der Waals surface area contributed by atoms with Crippen LogP contribution in [0.3, 0.4) is 0 Å². The first-order chi connectivity index (χ1) is 15.0. The van der Waals surface area contributed by atoms with Crippen molar-refractivity contribution in [1.82, 2.24) is 20.1 Å². The molecule has 0 radical (unpaired) electrons. The van der Waals surface area contributed by atoms with E-state index >= 15 is 0 Å². The van der Waals surface area contributed by atoms with E-state index < -0.39 is 5.56 Å². The lowest BCUT2D eigenvalue weighted by atomic mass is 10.0. The Labute approximate surface area is 177 Å². The number of amides is 1. The van der Waals surface area contributed by atoms with Gasteiger partial charge in [-0.3, -0.25) is 19.5 Å². The van der Waals surface area contributed by atoms with E-state index in [4.69, 9.17) is 5.26 Å². The molecule has 9 heteroatoms. The molecule has 1 fully saturated rings. The zero-order valence-electron chi connectivity index (χ0n) is 16.6. The molecule has 156 valence electrons. The summed E-state index contributed by atoms with van der Waals surface area (Å²) in [4.78, 5) is 42.8. The van der Waals surface area contributed by atoms with E-state index in [9.17, 15) is 14.4 Å². The van der Waals surface area contributed by atoms with Crippen LogP contribution in [0.4, 0.5) is 5.82 Å². The van der Waals surface area contributed by atoms with Gasteiger partial charge in [0, 0.05) is 43.0 Å². The van der Waals surface area contributed by atoms with E-state index in [1.165, 1.54) is 6.07 Å². The van der Waals surface area contributed by atoms with E-state index in [1.54, 1.807) is 36.5 Å². The van der Waals surface area contributed by atoms with Crippen LogP contribution in [0, 0.1) is 11.3 Å². The molecule has 0 spiro atoms. The number of nitriles is 1. The maximum Gasteiger partial charge on any atom is 0.269 e. The van der Waals surface area contributed by atoms with Gasteiger partial charge in [0.25, 0.3) is 17.0 Å². The Kier molecular flexibility index (Phi) is 5.62. The summed E-state index contributed by atoms with van der Waals surface area (Å²) in [5.41, 5.74) is 0.552. The molecule has 1 aliphatic rings. The normalized spacial score (nSPS) is 14.1. The first-order valence-electron chi connectivity index (χ1n) is 9.88. The number of H-pyrrole nitrogens is 1. The van der Waals surface area contributed by atoms with Crippen LogP contribution < -0.4 is 21.3 Å². The number of carbonyl (C=O) groups is 1. The molecule has 1 amide bonds. The molecule has 2 aromatic heterocycles. The highest BCUT2D eigenvalue weighted by Gasteiger charge is 2.22. The third-order valence-corrected chi connectivity index (χ3v) is 5.22. The lowest BCUT2D eigenvalue weighted by molar-refractivity contribution is 0.0931. The summed E-state index contributed by atoms with van der Waals surface area (Å²) in [5, 5.41) is 14.4. The lowest BCUT2D eigenvalue weighted by Crippen LogP contribution is -2.45. The van der Waals surface area contributed by atoms with Crippen molar-refractivity contribution in [3.8, 4) is 11.8 Å². The quantitative estimate of drug-likeness (QED) is 0.658. The number of rotatable bonds is 4. The summed E-state index contributed by atoms with van der Waals surface area (Å²) in [6.45, 7) is 1.48. The van der Waals surface area contributed by atoms with Crippen molar-refractivity contribution < 1.29 is 4.79 Å². The number of aromatic amines is 1. The van der Waals surface area contributed by atoms with E-state index in [2.05, 4.69) is 26.4 Å². The highest BCUT2D eigenvalue weighted by Crippen LogP contribution is 2.18. The van der Waals surface area contributed by atoms with Crippen LogP contribution in [0.5, 0.6) is 0 Å². The molecule has 4 rings (SSSR count). The van der Waals surface area contributed by atoms with Gasteiger partial charge in [0.2, 0.25) is 0 Å². The van der Waals surface area contributed by atoms with Crippen LogP contribution in [-0.4, -0.2) is 39.8 Å². The molecule has 0 bridgehead atoms. The summed E-state index contributed by atoms with van der Waals surface area (Å²) in [5.74, 6) is 0.585. The largest absolute Gasteiger partial charge is 0.356 e. The maximum absolute atomic E-state index is 12.7. The van der Waals surface area contributed by atoms with Gasteiger partial charge in [-0.05, 0) is 43.2 Å². The summed E-state index contributed by atoms with van der Waals surface area (Å²) < 4.78 is 1.11. The summed E-state index contributed by atoms with van der Waals surface area (Å²) in [6, 6.07) is 14.6. The van der Waals surface area contributed by atoms with Crippen molar-refractivity contribution >= 4 is 11.7 Å². The number of anilines is 1. The minimum Gasteiger partial charge on any atom is -0.356 e. The molecular weight excluding hydrogens is 396 g/mol. The second-order valence-corrected chi connectivity index (χ2v) is 7.29. The predicted octanol–water partition coefficient (Wildman–Crippen LogP) is 1.19. The predicted molar refractivity (Wildman–Crippen MR) is 114 cm³/mol. The molecule has 0 aliphatic carbocycles. The maximum atomic E-state index is 12.7. The summed E-state index contributed by atoms with van der Waals surface area (Å²) in [6.07, 6.45) is 3.08. The minimum atomic E-state index is -0.405. The molecular formula is C22H20N6O3. The van der Waals surface area contributed by atoms with Gasteiger partial charge in [0.15, 0.2) is 0 Å². The molecule has 9 nitrogen and oxygen atoms in total. The Bertz CT molecular complexity index is 1250. The van der Waals surface area contributed by atoms with Crippen LogP contribution in [0.25, 0.3) is 5.69 Å². The first-order valence-corrected chi connectivity index (χ1v) is 9.88. The SMILES string of the molecule is N#Cc1ccc(N2CCC(NC(=O)c3cccc(-n4[nH]c(=O)ccc4=O)c3)CC2)nc1. The average Bonchev–Trinajstić information content (AvgIpc) is 2.81. The minimum absolute atomic E-state index is 0.0186. The van der Waals surface area contributed by atoms with E-state index in [1.807, 2.05) is 6.07 Å². The van der Waals surface area contributed by atoms with Gasteiger partial charge in [0.1, 0.15) is 11.9 Å². The number of carbonyl (C=O) groups excluding carboxylic acids is 1. The van der Waals surface area contributed by atoms with Crippen LogP contribution in [0.1, 0.15) is 28.8 Å². The fraction of sp³-hybridized carbons (Fsp3) is 0.227. The van der Waals surface area contributed by atoms with Gasteiger partial charge >= 0.3 is 0 Å². The Morgan fingerprint density at radius 3 is 2.65 bits per heavy atom. The molecule has 3 heterocycles. The second kappa shape index (κ2) is 8.67. The Morgan fingerprint density at radius 1 is 1.13 bits per heavy atom. The number of hydrogen-bond donors (Lipinski definition) is 2. The van der Waals surface area contributed by atoms with Crippen molar-refractivity contribution in [2.75, 3.05) is 18.0 Å². The molecule has 0 saturated carbocycles. The Morgan fingerprint density at radius 2 is 1.94 bits per heavy atom. The van der Waals surface area contributed by atoms with E-state index in [-0.39, 0.29) is 17.5 Å². The van der Waals surface area contributed by atoms with Crippen molar-refractivity contribution in [3.05, 3.63) is 86.6 Å². The fourth-order valence-corrected chi connectivity index (χ4v) is 3.56. The van der Waals surface area contributed by atoms with E-state index in [0.29, 0.717) is 16.8 Å². The Hall–Kier alpha value is -4.19. The van der Waals surface area contributed by atoms with Crippen molar-refractivity contribution in [2.45, 2.75) is 18.9 Å².